The van der Waals surface area contributed by atoms with Crippen LogP contribution in [0.15, 0.2) is 36.4 Å². The molecule has 6 nitrogen and oxygen atoms in total. The first-order chi connectivity index (χ1) is 12.8. The van der Waals surface area contributed by atoms with Crippen molar-refractivity contribution in [3.63, 3.8) is 0 Å². The number of rotatable bonds is 4. The van der Waals surface area contributed by atoms with Crippen molar-refractivity contribution >= 4 is 46.0 Å². The van der Waals surface area contributed by atoms with Crippen LogP contribution < -0.4 is 4.73 Å². The number of ether oxygens (including phenoxy) is 1. The normalized spacial score (nSPS) is 10.8. The van der Waals surface area contributed by atoms with E-state index in [1.165, 1.54) is 19.1 Å². The van der Waals surface area contributed by atoms with Crippen LogP contribution >= 0.6 is 23.2 Å². The molecule has 0 unspecified atom stereocenters. The second-order valence-electron chi connectivity index (χ2n) is 5.96. The molecular weight excluding hydrogens is 391 g/mol. The molecule has 0 N–H and O–H groups in total. The minimum Gasteiger partial charge on any atom is -0.618 e. The lowest BCUT2D eigenvalue weighted by molar-refractivity contribution is -0.580. The van der Waals surface area contributed by atoms with E-state index in [-0.39, 0.29) is 39.1 Å². The molecule has 8 heteroatoms. The van der Waals surface area contributed by atoms with Crippen LogP contribution in [0.2, 0.25) is 10.0 Å². The number of fused-ring (bicyclic) bond motifs is 1. The van der Waals surface area contributed by atoms with Gasteiger partial charge >= 0.3 is 5.97 Å². The van der Waals surface area contributed by atoms with E-state index in [2.05, 4.69) is 4.98 Å². The molecule has 0 atom stereocenters. The molecule has 1 heterocycles. The Kier molecular flexibility index (Phi) is 5.30. The SMILES string of the molecule is CC(=O)c1c(COC(=O)c2cccc(C)c2)nc2cc(Cl)c(Cl)cc2[n+]1[O-]. The van der Waals surface area contributed by atoms with Gasteiger partial charge in [0, 0.05) is 13.0 Å². The van der Waals surface area contributed by atoms with Crippen molar-refractivity contribution in [2.75, 3.05) is 0 Å². The van der Waals surface area contributed by atoms with Crippen molar-refractivity contribution in [3.8, 4) is 0 Å². The highest BCUT2D eigenvalue weighted by molar-refractivity contribution is 6.42. The van der Waals surface area contributed by atoms with Crippen molar-refractivity contribution in [2.24, 2.45) is 0 Å². The first-order valence-electron chi connectivity index (χ1n) is 7.94. The average Bonchev–Trinajstić information content (AvgIpc) is 2.61. The third-order valence-electron chi connectivity index (χ3n) is 3.90. The Morgan fingerprint density at radius 3 is 2.56 bits per heavy atom. The van der Waals surface area contributed by atoms with E-state index in [4.69, 9.17) is 27.9 Å². The molecule has 0 aliphatic heterocycles. The molecule has 0 amide bonds. The molecule has 3 rings (SSSR count). The van der Waals surface area contributed by atoms with Gasteiger partial charge in [-0.25, -0.2) is 9.78 Å². The number of carbonyl (C=O) groups is 2. The molecule has 3 aromatic rings. The lowest BCUT2D eigenvalue weighted by Crippen LogP contribution is -2.37. The van der Waals surface area contributed by atoms with Gasteiger partial charge in [-0.15, -0.1) is 0 Å². The highest BCUT2D eigenvalue weighted by Gasteiger charge is 2.25. The second-order valence-corrected chi connectivity index (χ2v) is 6.77. The Hall–Kier alpha value is -2.70. The monoisotopic (exact) mass is 404 g/mol. The van der Waals surface area contributed by atoms with Crippen LogP contribution in [-0.4, -0.2) is 16.7 Å². The number of carbonyl (C=O) groups excluding carboxylic acids is 2. The van der Waals surface area contributed by atoms with E-state index in [1.54, 1.807) is 18.2 Å². The van der Waals surface area contributed by atoms with E-state index < -0.39 is 11.8 Å². The van der Waals surface area contributed by atoms with Crippen molar-refractivity contribution in [2.45, 2.75) is 20.5 Å². The van der Waals surface area contributed by atoms with Gasteiger partial charge < -0.3 is 9.94 Å². The molecule has 0 saturated heterocycles. The second kappa shape index (κ2) is 7.50. The van der Waals surface area contributed by atoms with Crippen LogP contribution in [0.4, 0.5) is 0 Å². The van der Waals surface area contributed by atoms with E-state index in [0.29, 0.717) is 10.3 Å². The standard InChI is InChI=1S/C19H14Cl2N2O4/c1-10-4-3-5-12(6-10)19(25)27-9-16-18(11(2)24)23(26)17-8-14(21)13(20)7-15(17)22-16/h3-8H,9H2,1-2H3. The molecule has 0 radical (unpaired) electrons. The number of nitrogens with zero attached hydrogens (tertiary/aromatic N) is 2. The zero-order valence-corrected chi connectivity index (χ0v) is 16.0. The van der Waals surface area contributed by atoms with Crippen LogP contribution in [0, 0.1) is 12.1 Å². The first-order valence-corrected chi connectivity index (χ1v) is 8.69. The number of benzene rings is 2. The van der Waals surface area contributed by atoms with Gasteiger partial charge in [-0.1, -0.05) is 40.9 Å². The first kappa shape index (κ1) is 19.1. The summed E-state index contributed by atoms with van der Waals surface area (Å²) in [6.07, 6.45) is 0. The Labute approximate surface area is 164 Å². The fraction of sp³-hybridized carbons (Fsp3) is 0.158. The van der Waals surface area contributed by atoms with Crippen LogP contribution in [0.5, 0.6) is 0 Å². The maximum Gasteiger partial charge on any atom is 0.338 e. The van der Waals surface area contributed by atoms with Gasteiger partial charge in [0.15, 0.2) is 5.69 Å². The number of Topliss-reactive ketones (excluding diaryl/α,β-unsaturated/α-hetero) is 1. The molecular formula is C19H14Cl2N2O4. The smallest absolute Gasteiger partial charge is 0.338 e. The minimum absolute atomic E-state index is 0.0457. The summed E-state index contributed by atoms with van der Waals surface area (Å²) in [5, 5.41) is 13.0. The topological polar surface area (TPSA) is 83.2 Å². The Balaban J connectivity index is 2.00. The van der Waals surface area contributed by atoms with Crippen molar-refractivity contribution in [1.29, 1.82) is 0 Å². The summed E-state index contributed by atoms with van der Waals surface area (Å²) in [5.74, 6) is -1.09. The number of hydrogen-bond acceptors (Lipinski definition) is 5. The third kappa shape index (κ3) is 3.86. The Bertz CT molecular complexity index is 1080. The maximum absolute atomic E-state index is 12.6. The number of halogens is 2. The molecule has 27 heavy (non-hydrogen) atoms. The Morgan fingerprint density at radius 2 is 1.89 bits per heavy atom. The number of aromatic nitrogens is 2. The lowest BCUT2D eigenvalue weighted by atomic mass is 10.1. The highest BCUT2D eigenvalue weighted by Crippen LogP contribution is 2.26. The van der Waals surface area contributed by atoms with Crippen molar-refractivity contribution in [1.82, 2.24) is 4.98 Å². The zero-order valence-electron chi connectivity index (χ0n) is 14.5. The maximum atomic E-state index is 12.6. The highest BCUT2D eigenvalue weighted by atomic mass is 35.5. The molecule has 0 spiro atoms. The number of aryl methyl sites for hydroxylation is 1. The van der Waals surface area contributed by atoms with Crippen molar-refractivity contribution in [3.05, 3.63) is 74.2 Å². The molecule has 1 aromatic heterocycles. The van der Waals surface area contributed by atoms with E-state index in [1.807, 2.05) is 13.0 Å². The van der Waals surface area contributed by atoms with E-state index in [9.17, 15) is 14.8 Å². The summed E-state index contributed by atoms with van der Waals surface area (Å²) in [6, 6.07) is 9.64. The van der Waals surface area contributed by atoms with Gasteiger partial charge in [-0.05, 0) is 25.1 Å². The summed E-state index contributed by atoms with van der Waals surface area (Å²) < 4.78 is 5.69. The lowest BCUT2D eigenvalue weighted by Gasteiger charge is -2.11. The number of esters is 1. The van der Waals surface area contributed by atoms with Gasteiger partial charge in [-0.3, -0.25) is 4.79 Å². The fourth-order valence-corrected chi connectivity index (χ4v) is 2.97. The minimum atomic E-state index is -0.582. The van der Waals surface area contributed by atoms with Crippen LogP contribution in [0.25, 0.3) is 11.0 Å². The van der Waals surface area contributed by atoms with Crippen LogP contribution in [0.3, 0.4) is 0 Å². The summed E-state index contributed by atoms with van der Waals surface area (Å²) in [7, 11) is 0. The molecule has 0 saturated carbocycles. The summed E-state index contributed by atoms with van der Waals surface area (Å²) in [5.41, 5.74) is 1.45. The van der Waals surface area contributed by atoms with Gasteiger partial charge in [-0.2, -0.15) is 4.73 Å². The largest absolute Gasteiger partial charge is 0.618 e. The fourth-order valence-electron chi connectivity index (χ4n) is 2.65. The van der Waals surface area contributed by atoms with Gasteiger partial charge in [0.2, 0.25) is 11.3 Å². The van der Waals surface area contributed by atoms with Gasteiger partial charge in [0.25, 0.3) is 5.69 Å². The average molecular weight is 405 g/mol. The quantitative estimate of drug-likeness (QED) is 0.283. The van der Waals surface area contributed by atoms with Gasteiger partial charge in [0.1, 0.15) is 12.1 Å². The van der Waals surface area contributed by atoms with E-state index in [0.717, 1.165) is 5.56 Å². The molecule has 2 aromatic carbocycles. The Morgan fingerprint density at radius 1 is 1.19 bits per heavy atom. The van der Waals surface area contributed by atoms with Crippen molar-refractivity contribution < 1.29 is 19.1 Å². The molecule has 138 valence electrons. The summed E-state index contributed by atoms with van der Waals surface area (Å²) in [6.45, 7) is 2.76. The summed E-state index contributed by atoms with van der Waals surface area (Å²) in [4.78, 5) is 28.5. The predicted molar refractivity (Wildman–Crippen MR) is 101 cm³/mol. The third-order valence-corrected chi connectivity index (χ3v) is 4.62. The molecule has 0 aliphatic carbocycles. The number of ketones is 1. The molecule has 0 fully saturated rings. The zero-order chi connectivity index (χ0) is 19.7. The van der Waals surface area contributed by atoms with Crippen LogP contribution in [0.1, 0.15) is 39.0 Å². The van der Waals surface area contributed by atoms with E-state index >= 15 is 0 Å². The number of hydrogen-bond donors (Lipinski definition) is 0. The van der Waals surface area contributed by atoms with Crippen LogP contribution in [-0.2, 0) is 11.3 Å². The molecule has 0 aliphatic rings. The summed E-state index contributed by atoms with van der Waals surface area (Å²) >= 11 is 11.9. The molecule has 0 bridgehead atoms. The predicted octanol–water partition coefficient (Wildman–Crippen LogP) is 4.04. The van der Waals surface area contributed by atoms with Gasteiger partial charge in [0.05, 0.1) is 15.6 Å².